The van der Waals surface area contributed by atoms with Crippen molar-refractivity contribution in [3.63, 3.8) is 0 Å². The maximum Gasteiger partial charge on any atom is 0.333 e. The number of hydrogen-bond donors (Lipinski definition) is 1. The van der Waals surface area contributed by atoms with Gasteiger partial charge < -0.3 is 4.98 Å². The Bertz CT molecular complexity index is 865. The number of pyridine rings is 1. The van der Waals surface area contributed by atoms with Gasteiger partial charge in [-0.25, -0.2) is 14.3 Å². The summed E-state index contributed by atoms with van der Waals surface area (Å²) in [4.78, 5) is 30.8. The number of rotatable bonds is 1. The van der Waals surface area contributed by atoms with Crippen LogP contribution in [0, 0.1) is 0 Å². The molecule has 3 aromatic rings. The zero-order valence-electron chi connectivity index (χ0n) is 9.63. The highest BCUT2D eigenvalue weighted by molar-refractivity contribution is 6.29. The highest BCUT2D eigenvalue weighted by Crippen LogP contribution is 2.08. The minimum Gasteiger partial charge on any atom is -0.306 e. The van der Waals surface area contributed by atoms with Crippen molar-refractivity contribution in [3.05, 3.63) is 68.6 Å². The predicted molar refractivity (Wildman–Crippen MR) is 73.0 cm³/mol. The summed E-state index contributed by atoms with van der Waals surface area (Å²) in [5.41, 5.74) is -0.00614. The Morgan fingerprint density at radius 1 is 1.11 bits per heavy atom. The number of aromatic nitrogens is 3. The van der Waals surface area contributed by atoms with Crippen molar-refractivity contribution in [2.45, 2.75) is 0 Å². The number of benzene rings is 1. The number of hydrogen-bond acceptors (Lipinski definition) is 3. The third-order valence-electron chi connectivity index (χ3n) is 2.78. The minimum atomic E-state index is -0.507. The van der Waals surface area contributed by atoms with E-state index in [1.54, 1.807) is 30.3 Å². The van der Waals surface area contributed by atoms with Crippen molar-refractivity contribution < 1.29 is 0 Å². The molecule has 5 nitrogen and oxygen atoms in total. The molecule has 0 fully saturated rings. The lowest BCUT2D eigenvalue weighted by Crippen LogP contribution is -2.33. The molecule has 0 bridgehead atoms. The first-order valence-electron chi connectivity index (χ1n) is 5.53. The van der Waals surface area contributed by atoms with Gasteiger partial charge in [-0.15, -0.1) is 0 Å². The molecule has 3 rings (SSSR count). The molecule has 2 heterocycles. The molecule has 2 aromatic heterocycles. The van der Waals surface area contributed by atoms with Gasteiger partial charge >= 0.3 is 5.69 Å². The van der Waals surface area contributed by atoms with E-state index in [1.165, 1.54) is 12.3 Å². The number of nitrogens with zero attached hydrogens (tertiary/aromatic N) is 2. The Morgan fingerprint density at radius 3 is 2.63 bits per heavy atom. The van der Waals surface area contributed by atoms with Gasteiger partial charge in [-0.3, -0.25) is 4.79 Å². The standard InChI is InChI=1S/C13H8ClN3O2/c14-11-6-5-8(7-15-11)17-12(18)9-3-1-2-4-10(9)16-13(17)19/h1-7H,(H,16,19). The van der Waals surface area contributed by atoms with Crippen LogP contribution in [0.1, 0.15) is 0 Å². The summed E-state index contributed by atoms with van der Waals surface area (Å²) < 4.78 is 1.03. The maximum atomic E-state index is 12.3. The number of H-pyrrole nitrogens is 1. The van der Waals surface area contributed by atoms with E-state index in [2.05, 4.69) is 9.97 Å². The Labute approximate surface area is 112 Å². The summed E-state index contributed by atoms with van der Waals surface area (Å²) in [6.07, 6.45) is 1.38. The summed E-state index contributed by atoms with van der Waals surface area (Å²) >= 11 is 5.69. The molecule has 0 aliphatic rings. The van der Waals surface area contributed by atoms with E-state index in [0.29, 0.717) is 21.7 Å². The molecule has 19 heavy (non-hydrogen) atoms. The van der Waals surface area contributed by atoms with E-state index in [4.69, 9.17) is 11.6 Å². The van der Waals surface area contributed by atoms with Gasteiger partial charge in [0.1, 0.15) is 5.15 Å². The van der Waals surface area contributed by atoms with Gasteiger partial charge in [0.15, 0.2) is 0 Å². The Balaban J connectivity index is 2.39. The van der Waals surface area contributed by atoms with Crippen molar-refractivity contribution in [2.75, 3.05) is 0 Å². The first kappa shape index (κ1) is 11.7. The summed E-state index contributed by atoms with van der Waals surface area (Å²) in [5.74, 6) is 0. The van der Waals surface area contributed by atoms with Crippen LogP contribution in [0.25, 0.3) is 16.6 Å². The molecule has 0 aliphatic heterocycles. The molecule has 0 aliphatic carbocycles. The summed E-state index contributed by atoms with van der Waals surface area (Å²) in [6.45, 7) is 0. The fraction of sp³-hybridized carbons (Fsp3) is 0. The van der Waals surface area contributed by atoms with E-state index in [0.717, 1.165) is 4.57 Å². The third kappa shape index (κ3) is 1.94. The highest BCUT2D eigenvalue weighted by Gasteiger charge is 2.09. The average Bonchev–Trinajstić information content (AvgIpc) is 2.41. The second-order valence-electron chi connectivity index (χ2n) is 3.96. The topological polar surface area (TPSA) is 67.8 Å². The zero-order chi connectivity index (χ0) is 13.4. The lowest BCUT2D eigenvalue weighted by Gasteiger charge is -2.05. The van der Waals surface area contributed by atoms with Crippen molar-refractivity contribution in [1.82, 2.24) is 14.5 Å². The smallest absolute Gasteiger partial charge is 0.306 e. The minimum absolute atomic E-state index is 0.300. The molecular formula is C13H8ClN3O2. The van der Waals surface area contributed by atoms with Gasteiger partial charge in [-0.05, 0) is 24.3 Å². The fourth-order valence-electron chi connectivity index (χ4n) is 1.90. The first-order chi connectivity index (χ1) is 9.16. The first-order valence-corrected chi connectivity index (χ1v) is 5.90. The lowest BCUT2D eigenvalue weighted by atomic mass is 10.2. The normalized spacial score (nSPS) is 10.8. The van der Waals surface area contributed by atoms with Crippen molar-refractivity contribution in [2.24, 2.45) is 0 Å². The molecule has 0 unspecified atom stereocenters. The van der Waals surface area contributed by atoms with E-state index < -0.39 is 5.69 Å². The molecule has 1 N–H and O–H groups in total. The summed E-state index contributed by atoms with van der Waals surface area (Å²) in [7, 11) is 0. The molecule has 0 saturated carbocycles. The number of fused-ring (bicyclic) bond motifs is 1. The van der Waals surface area contributed by atoms with Crippen LogP contribution >= 0.6 is 11.6 Å². The van der Waals surface area contributed by atoms with Gasteiger partial charge in [0.05, 0.1) is 22.8 Å². The zero-order valence-corrected chi connectivity index (χ0v) is 10.4. The molecule has 0 atom stereocenters. The molecule has 0 spiro atoms. The highest BCUT2D eigenvalue weighted by atomic mass is 35.5. The average molecular weight is 274 g/mol. The molecule has 0 amide bonds. The lowest BCUT2D eigenvalue weighted by molar-refractivity contribution is 0.895. The van der Waals surface area contributed by atoms with E-state index in [1.807, 2.05) is 0 Å². The second-order valence-corrected chi connectivity index (χ2v) is 4.34. The molecule has 0 radical (unpaired) electrons. The van der Waals surface area contributed by atoms with Crippen LogP contribution in [0.4, 0.5) is 0 Å². The van der Waals surface area contributed by atoms with Crippen molar-refractivity contribution >= 4 is 22.5 Å². The van der Waals surface area contributed by atoms with Crippen LogP contribution in [0.5, 0.6) is 0 Å². The molecule has 0 saturated heterocycles. The van der Waals surface area contributed by atoms with Crippen LogP contribution in [-0.4, -0.2) is 14.5 Å². The van der Waals surface area contributed by atoms with Gasteiger partial charge in [-0.2, -0.15) is 0 Å². The van der Waals surface area contributed by atoms with Crippen LogP contribution in [-0.2, 0) is 0 Å². The summed E-state index contributed by atoms with van der Waals surface area (Å²) in [5, 5.41) is 0.742. The van der Waals surface area contributed by atoms with E-state index >= 15 is 0 Å². The van der Waals surface area contributed by atoms with Crippen LogP contribution in [0.2, 0.25) is 5.15 Å². The second kappa shape index (κ2) is 4.37. The van der Waals surface area contributed by atoms with Gasteiger partial charge in [0, 0.05) is 0 Å². The van der Waals surface area contributed by atoms with Gasteiger partial charge in [0.25, 0.3) is 5.56 Å². The number of halogens is 1. The van der Waals surface area contributed by atoms with Crippen LogP contribution in [0.3, 0.4) is 0 Å². The van der Waals surface area contributed by atoms with Crippen molar-refractivity contribution in [1.29, 1.82) is 0 Å². The molecule has 94 valence electrons. The van der Waals surface area contributed by atoms with Crippen LogP contribution < -0.4 is 11.2 Å². The summed E-state index contributed by atoms with van der Waals surface area (Å²) in [6, 6.07) is 9.94. The molecule has 6 heteroatoms. The van der Waals surface area contributed by atoms with Crippen LogP contribution in [0.15, 0.2) is 52.2 Å². The maximum absolute atomic E-state index is 12.3. The van der Waals surface area contributed by atoms with Crippen molar-refractivity contribution in [3.8, 4) is 5.69 Å². The number of nitrogens with one attached hydrogen (secondary N) is 1. The Morgan fingerprint density at radius 2 is 1.89 bits per heavy atom. The van der Waals surface area contributed by atoms with Gasteiger partial charge in [0.2, 0.25) is 0 Å². The Kier molecular flexibility index (Phi) is 2.68. The number of aromatic amines is 1. The largest absolute Gasteiger partial charge is 0.333 e. The predicted octanol–water partition coefficient (Wildman–Crippen LogP) is 1.73. The van der Waals surface area contributed by atoms with Gasteiger partial charge in [-0.1, -0.05) is 23.7 Å². The Hall–Kier alpha value is -2.40. The SMILES string of the molecule is O=c1[nH]c2ccccc2c(=O)n1-c1ccc(Cl)nc1. The fourth-order valence-corrected chi connectivity index (χ4v) is 2.01. The van der Waals surface area contributed by atoms with E-state index in [-0.39, 0.29) is 5.56 Å². The monoisotopic (exact) mass is 273 g/mol. The molecular weight excluding hydrogens is 266 g/mol. The third-order valence-corrected chi connectivity index (χ3v) is 3.00. The quantitative estimate of drug-likeness (QED) is 0.687. The number of para-hydroxylation sites is 1. The van der Waals surface area contributed by atoms with E-state index in [9.17, 15) is 9.59 Å². The molecule has 1 aromatic carbocycles.